The van der Waals surface area contributed by atoms with Gasteiger partial charge in [-0.2, -0.15) is 5.10 Å². The number of H-pyrrole nitrogens is 1. The highest BCUT2D eigenvalue weighted by molar-refractivity contribution is 5.79. The van der Waals surface area contributed by atoms with E-state index in [4.69, 9.17) is 0 Å². The summed E-state index contributed by atoms with van der Waals surface area (Å²) in [6.07, 6.45) is 1.54. The Kier molecular flexibility index (Phi) is 4.95. The summed E-state index contributed by atoms with van der Waals surface area (Å²) < 4.78 is 0. The number of hydrogen-bond acceptors (Lipinski definition) is 4. The van der Waals surface area contributed by atoms with Crippen LogP contribution in [0.2, 0.25) is 0 Å². The maximum Gasteiger partial charge on any atom is 0.224 e. The summed E-state index contributed by atoms with van der Waals surface area (Å²) in [7, 11) is 0. The number of carbonyl (C=O) groups excluding carboxylic acids is 1. The number of nitrogens with one attached hydrogen (secondary N) is 2. The van der Waals surface area contributed by atoms with Gasteiger partial charge < -0.3 is 10.4 Å². The summed E-state index contributed by atoms with van der Waals surface area (Å²) in [5, 5.41) is 20.7. The van der Waals surface area contributed by atoms with Crippen molar-refractivity contribution in [1.82, 2.24) is 20.4 Å². The predicted octanol–water partition coefficient (Wildman–Crippen LogP) is 1.56. The van der Waals surface area contributed by atoms with E-state index in [2.05, 4.69) is 41.2 Å². The third kappa shape index (κ3) is 3.22. The lowest BCUT2D eigenvalue weighted by Crippen LogP contribution is -2.65. The van der Waals surface area contributed by atoms with Gasteiger partial charge in [0.05, 0.1) is 24.3 Å². The smallest absolute Gasteiger partial charge is 0.224 e. The van der Waals surface area contributed by atoms with Crippen molar-refractivity contribution in [3.05, 3.63) is 17.0 Å². The number of nitrogens with zero attached hydrogens (tertiary/aromatic N) is 2. The molecule has 1 spiro atoms. The molecule has 3 N–H and O–H groups in total. The van der Waals surface area contributed by atoms with Gasteiger partial charge in [-0.1, -0.05) is 20.8 Å². The van der Waals surface area contributed by atoms with Crippen molar-refractivity contribution in [3.8, 4) is 0 Å². The number of hydrogen-bond donors (Lipinski definition) is 3. The largest absolute Gasteiger partial charge is 0.391 e. The number of aryl methyl sites for hydroxylation is 2. The van der Waals surface area contributed by atoms with Crippen molar-refractivity contribution in [2.75, 3.05) is 13.1 Å². The van der Waals surface area contributed by atoms with Gasteiger partial charge in [0.1, 0.15) is 0 Å². The van der Waals surface area contributed by atoms with E-state index >= 15 is 0 Å². The highest BCUT2D eigenvalue weighted by atomic mass is 16.3. The van der Waals surface area contributed by atoms with Gasteiger partial charge in [-0.05, 0) is 39.2 Å². The van der Waals surface area contributed by atoms with E-state index < -0.39 is 6.10 Å². The third-order valence-electron chi connectivity index (χ3n) is 6.25. The first-order valence-electron chi connectivity index (χ1n) is 9.49. The molecular formula is C19H32N4O2. The summed E-state index contributed by atoms with van der Waals surface area (Å²) >= 11 is 0. The van der Waals surface area contributed by atoms with Crippen LogP contribution in [0.3, 0.4) is 0 Å². The van der Waals surface area contributed by atoms with E-state index in [0.717, 1.165) is 42.9 Å². The molecule has 1 saturated heterocycles. The summed E-state index contributed by atoms with van der Waals surface area (Å²) in [6, 6.07) is 0.368. The first-order chi connectivity index (χ1) is 11.8. The molecule has 6 nitrogen and oxygen atoms in total. The van der Waals surface area contributed by atoms with Crippen molar-refractivity contribution >= 4 is 5.91 Å². The highest BCUT2D eigenvalue weighted by Gasteiger charge is 2.58. The molecule has 1 aliphatic carbocycles. The highest BCUT2D eigenvalue weighted by Crippen LogP contribution is 2.52. The number of aromatic nitrogens is 2. The molecule has 2 aliphatic rings. The molecule has 2 fully saturated rings. The van der Waals surface area contributed by atoms with Crippen LogP contribution in [-0.2, 0) is 11.2 Å². The molecule has 2 unspecified atom stereocenters. The monoisotopic (exact) mass is 348 g/mol. The number of aromatic amines is 1. The van der Waals surface area contributed by atoms with E-state index in [1.54, 1.807) is 0 Å². The number of amides is 1. The van der Waals surface area contributed by atoms with Crippen LogP contribution >= 0.6 is 0 Å². The molecule has 0 bridgehead atoms. The molecule has 1 aromatic rings. The van der Waals surface area contributed by atoms with Crippen LogP contribution in [0, 0.1) is 25.2 Å². The molecule has 2 heterocycles. The fourth-order valence-corrected chi connectivity index (χ4v) is 5.30. The van der Waals surface area contributed by atoms with E-state index in [-0.39, 0.29) is 17.4 Å². The van der Waals surface area contributed by atoms with Crippen LogP contribution in [-0.4, -0.2) is 57.4 Å². The molecule has 3 rings (SSSR count). The van der Waals surface area contributed by atoms with Crippen LogP contribution in [0.5, 0.6) is 0 Å². The lowest BCUT2D eigenvalue weighted by molar-refractivity contribution is -0.122. The van der Waals surface area contributed by atoms with Gasteiger partial charge in [0.25, 0.3) is 0 Å². The van der Waals surface area contributed by atoms with Crippen LogP contribution in [0.25, 0.3) is 0 Å². The number of likely N-dealkylation sites (tertiary alicyclic amines) is 1. The summed E-state index contributed by atoms with van der Waals surface area (Å²) in [5.74, 6) is 0.535. The second kappa shape index (κ2) is 6.72. The normalized spacial score (nSPS) is 32.4. The zero-order valence-electron chi connectivity index (χ0n) is 16.1. The number of aliphatic hydroxyl groups is 1. The number of carbonyl (C=O) groups is 1. The van der Waals surface area contributed by atoms with E-state index in [1.807, 2.05) is 13.8 Å². The second-order valence-electron chi connectivity index (χ2n) is 8.35. The minimum absolute atomic E-state index is 0.0264. The van der Waals surface area contributed by atoms with E-state index in [0.29, 0.717) is 18.4 Å². The Morgan fingerprint density at radius 2 is 2.16 bits per heavy atom. The first-order valence-corrected chi connectivity index (χ1v) is 9.49. The summed E-state index contributed by atoms with van der Waals surface area (Å²) in [6.45, 7) is 12.7. The standard InChI is InChI=1S/C19H32N4O2/c1-6-23-10-19(18(23)11(2)3)8-15(16(24)9-19)20-17(25)7-14-12(4)21-22-13(14)5/h11,15-16,18,24H,6-10H2,1-5H3,(H,20,25)(H,21,22)/t15-,16-,18?,19?/m1/s1. The van der Waals surface area contributed by atoms with Crippen molar-refractivity contribution in [2.45, 2.75) is 72.1 Å². The first kappa shape index (κ1) is 18.4. The molecule has 1 aromatic heterocycles. The Bertz CT molecular complexity index is 622. The Hall–Kier alpha value is -1.40. The number of rotatable bonds is 5. The fourth-order valence-electron chi connectivity index (χ4n) is 5.30. The molecule has 6 heteroatoms. The van der Waals surface area contributed by atoms with Gasteiger partial charge in [0.2, 0.25) is 5.91 Å². The molecule has 4 atom stereocenters. The molecule has 1 amide bonds. The summed E-state index contributed by atoms with van der Waals surface area (Å²) in [5.41, 5.74) is 2.92. The van der Waals surface area contributed by atoms with E-state index in [1.165, 1.54) is 0 Å². The van der Waals surface area contributed by atoms with E-state index in [9.17, 15) is 9.90 Å². The maximum atomic E-state index is 12.5. The minimum Gasteiger partial charge on any atom is -0.391 e. The lowest BCUT2D eigenvalue weighted by Gasteiger charge is -2.58. The zero-order valence-corrected chi connectivity index (χ0v) is 16.1. The van der Waals surface area contributed by atoms with Gasteiger partial charge in [-0.3, -0.25) is 14.8 Å². The van der Waals surface area contributed by atoms with Crippen molar-refractivity contribution in [3.63, 3.8) is 0 Å². The lowest BCUT2D eigenvalue weighted by atomic mass is 9.65. The second-order valence-corrected chi connectivity index (χ2v) is 8.35. The Morgan fingerprint density at radius 3 is 2.72 bits per heavy atom. The number of aliphatic hydroxyl groups excluding tert-OH is 1. The molecule has 1 saturated carbocycles. The predicted molar refractivity (Wildman–Crippen MR) is 97.2 cm³/mol. The van der Waals surface area contributed by atoms with Crippen LogP contribution in [0.15, 0.2) is 0 Å². The fraction of sp³-hybridized carbons (Fsp3) is 0.789. The topological polar surface area (TPSA) is 81.2 Å². The molecular weight excluding hydrogens is 316 g/mol. The van der Waals surface area contributed by atoms with Crippen molar-refractivity contribution < 1.29 is 9.90 Å². The summed E-state index contributed by atoms with van der Waals surface area (Å²) in [4.78, 5) is 15.0. The van der Waals surface area contributed by atoms with Crippen LogP contribution < -0.4 is 5.32 Å². The van der Waals surface area contributed by atoms with Gasteiger partial charge in [-0.25, -0.2) is 0 Å². The average Bonchev–Trinajstić information content (AvgIpc) is 3.00. The van der Waals surface area contributed by atoms with Crippen LogP contribution in [0.4, 0.5) is 0 Å². The van der Waals surface area contributed by atoms with Crippen molar-refractivity contribution in [1.29, 1.82) is 0 Å². The third-order valence-corrected chi connectivity index (χ3v) is 6.25. The minimum atomic E-state index is -0.448. The van der Waals surface area contributed by atoms with Crippen molar-refractivity contribution in [2.24, 2.45) is 11.3 Å². The van der Waals surface area contributed by atoms with Crippen LogP contribution in [0.1, 0.15) is 50.6 Å². The quantitative estimate of drug-likeness (QED) is 0.754. The molecule has 25 heavy (non-hydrogen) atoms. The molecule has 0 radical (unpaired) electrons. The Labute approximate surface area is 150 Å². The van der Waals surface area contributed by atoms with Gasteiger partial charge in [-0.15, -0.1) is 0 Å². The van der Waals surface area contributed by atoms with Gasteiger partial charge in [0.15, 0.2) is 0 Å². The Balaban J connectivity index is 1.64. The molecule has 1 aliphatic heterocycles. The van der Waals surface area contributed by atoms with Gasteiger partial charge >= 0.3 is 0 Å². The van der Waals surface area contributed by atoms with Gasteiger partial charge in [0, 0.05) is 29.3 Å². The SMILES string of the molecule is CCN1CC2(C[C@@H](O)[C@H](NC(=O)Cc3c(C)n[nH]c3C)C2)C1C(C)C. The maximum absolute atomic E-state index is 12.5. The average molecular weight is 348 g/mol. The molecule has 0 aromatic carbocycles. The zero-order chi connectivity index (χ0) is 18.4. The molecule has 140 valence electrons. The Morgan fingerprint density at radius 1 is 1.44 bits per heavy atom.